The lowest BCUT2D eigenvalue weighted by Gasteiger charge is -2.16. The highest BCUT2D eigenvalue weighted by molar-refractivity contribution is 6.03. The van der Waals surface area contributed by atoms with Crippen LogP contribution in [-0.2, 0) is 11.3 Å². The minimum Gasteiger partial charge on any atom is -0.348 e. The van der Waals surface area contributed by atoms with Gasteiger partial charge in [0.25, 0.3) is 5.91 Å². The van der Waals surface area contributed by atoms with Crippen molar-refractivity contribution in [2.45, 2.75) is 39.3 Å². The van der Waals surface area contributed by atoms with E-state index in [-0.39, 0.29) is 23.9 Å². The second kappa shape index (κ2) is 9.23. The molecule has 29 heavy (non-hydrogen) atoms. The van der Waals surface area contributed by atoms with E-state index in [9.17, 15) is 14.4 Å². The largest absolute Gasteiger partial charge is 0.348 e. The van der Waals surface area contributed by atoms with E-state index in [4.69, 9.17) is 0 Å². The zero-order chi connectivity index (χ0) is 20.8. The summed E-state index contributed by atoms with van der Waals surface area (Å²) in [6.07, 6.45) is 1.49. The highest BCUT2D eigenvalue weighted by atomic mass is 16.2. The summed E-state index contributed by atoms with van der Waals surface area (Å²) >= 11 is 0. The van der Waals surface area contributed by atoms with Crippen LogP contribution >= 0.6 is 0 Å². The SMILES string of the molecule is CC(C)NC(=O)Nc1ccccc1C(=O)NCc1ccc(N2CCCC2=O)cc1. The summed E-state index contributed by atoms with van der Waals surface area (Å²) in [5, 5.41) is 8.33. The summed E-state index contributed by atoms with van der Waals surface area (Å²) in [7, 11) is 0. The van der Waals surface area contributed by atoms with E-state index in [2.05, 4.69) is 16.0 Å². The number of carbonyl (C=O) groups excluding carboxylic acids is 3. The molecule has 0 radical (unpaired) electrons. The molecule has 1 aliphatic heterocycles. The van der Waals surface area contributed by atoms with Gasteiger partial charge in [-0.2, -0.15) is 0 Å². The van der Waals surface area contributed by atoms with Crippen LogP contribution in [0.15, 0.2) is 48.5 Å². The van der Waals surface area contributed by atoms with Crippen molar-refractivity contribution in [2.75, 3.05) is 16.8 Å². The van der Waals surface area contributed by atoms with Gasteiger partial charge in [-0.3, -0.25) is 9.59 Å². The van der Waals surface area contributed by atoms with Crippen molar-refractivity contribution < 1.29 is 14.4 Å². The van der Waals surface area contributed by atoms with Crippen LogP contribution in [0, 0.1) is 0 Å². The molecule has 1 aliphatic rings. The molecule has 7 nitrogen and oxygen atoms in total. The Hall–Kier alpha value is -3.35. The molecule has 0 spiro atoms. The van der Waals surface area contributed by atoms with Crippen molar-refractivity contribution in [1.82, 2.24) is 10.6 Å². The molecule has 0 saturated carbocycles. The van der Waals surface area contributed by atoms with E-state index in [0.29, 0.717) is 24.2 Å². The van der Waals surface area contributed by atoms with Crippen LogP contribution in [0.3, 0.4) is 0 Å². The van der Waals surface area contributed by atoms with Crippen molar-refractivity contribution in [2.24, 2.45) is 0 Å². The number of benzene rings is 2. The number of para-hydroxylation sites is 1. The normalized spacial score (nSPS) is 13.5. The van der Waals surface area contributed by atoms with Gasteiger partial charge < -0.3 is 20.9 Å². The summed E-state index contributed by atoms with van der Waals surface area (Å²) in [5.74, 6) is -0.124. The molecule has 3 rings (SSSR count). The van der Waals surface area contributed by atoms with Gasteiger partial charge in [0.05, 0.1) is 11.3 Å². The molecule has 2 aromatic rings. The summed E-state index contributed by atoms with van der Waals surface area (Å²) in [4.78, 5) is 38.2. The number of nitrogens with one attached hydrogen (secondary N) is 3. The number of nitrogens with zero attached hydrogens (tertiary/aromatic N) is 1. The van der Waals surface area contributed by atoms with Crippen LogP contribution in [0.5, 0.6) is 0 Å². The van der Waals surface area contributed by atoms with Crippen LogP contribution in [-0.4, -0.2) is 30.4 Å². The average molecular weight is 394 g/mol. The summed E-state index contributed by atoms with van der Waals surface area (Å²) in [6, 6.07) is 14.1. The fourth-order valence-corrected chi connectivity index (χ4v) is 3.20. The molecule has 4 amide bonds. The third-order valence-corrected chi connectivity index (χ3v) is 4.61. The molecule has 152 valence electrons. The van der Waals surface area contributed by atoms with Crippen LogP contribution in [0.25, 0.3) is 0 Å². The highest BCUT2D eigenvalue weighted by Gasteiger charge is 2.21. The summed E-state index contributed by atoms with van der Waals surface area (Å²) in [5.41, 5.74) is 2.65. The first-order valence-corrected chi connectivity index (χ1v) is 9.78. The van der Waals surface area contributed by atoms with Gasteiger partial charge in [0.1, 0.15) is 0 Å². The second-order valence-corrected chi connectivity index (χ2v) is 7.30. The molecule has 0 aromatic heterocycles. The Morgan fingerprint density at radius 1 is 1.07 bits per heavy atom. The molecule has 0 atom stereocenters. The predicted molar refractivity (Wildman–Crippen MR) is 113 cm³/mol. The monoisotopic (exact) mass is 394 g/mol. The lowest BCUT2D eigenvalue weighted by molar-refractivity contribution is -0.117. The van der Waals surface area contributed by atoms with Gasteiger partial charge in [0.2, 0.25) is 5.91 Å². The molecule has 1 heterocycles. The Morgan fingerprint density at radius 3 is 2.45 bits per heavy atom. The lowest BCUT2D eigenvalue weighted by Crippen LogP contribution is -2.35. The molecule has 2 aromatic carbocycles. The number of urea groups is 1. The first-order valence-electron chi connectivity index (χ1n) is 9.78. The van der Waals surface area contributed by atoms with E-state index in [0.717, 1.165) is 24.2 Å². The Kier molecular flexibility index (Phi) is 6.49. The average Bonchev–Trinajstić information content (AvgIpc) is 3.12. The molecular formula is C22H26N4O3. The zero-order valence-corrected chi connectivity index (χ0v) is 16.7. The minimum atomic E-state index is -0.354. The van der Waals surface area contributed by atoms with Gasteiger partial charge in [0, 0.05) is 31.2 Å². The van der Waals surface area contributed by atoms with Crippen LogP contribution in [0.2, 0.25) is 0 Å². The van der Waals surface area contributed by atoms with E-state index in [1.165, 1.54) is 0 Å². The fourth-order valence-electron chi connectivity index (χ4n) is 3.20. The standard InChI is InChI=1S/C22H26N4O3/c1-15(2)24-22(29)25-19-7-4-3-6-18(19)21(28)23-14-16-9-11-17(12-10-16)26-13-5-8-20(26)27/h3-4,6-7,9-12,15H,5,8,13-14H2,1-2H3,(H,23,28)(H2,24,25,29). The van der Waals surface area contributed by atoms with E-state index in [1.807, 2.05) is 38.1 Å². The summed E-state index contributed by atoms with van der Waals surface area (Å²) < 4.78 is 0. The topological polar surface area (TPSA) is 90.5 Å². The van der Waals surface area contributed by atoms with E-state index < -0.39 is 0 Å². The molecule has 0 aliphatic carbocycles. The predicted octanol–water partition coefficient (Wildman–Crippen LogP) is 3.27. The number of carbonyl (C=O) groups is 3. The third kappa shape index (κ3) is 5.34. The number of rotatable bonds is 6. The van der Waals surface area contributed by atoms with Gasteiger partial charge in [0.15, 0.2) is 0 Å². The van der Waals surface area contributed by atoms with Gasteiger partial charge in [-0.25, -0.2) is 4.79 Å². The van der Waals surface area contributed by atoms with E-state index >= 15 is 0 Å². The molecule has 3 N–H and O–H groups in total. The molecular weight excluding hydrogens is 368 g/mol. The minimum absolute atomic E-state index is 0.00480. The van der Waals surface area contributed by atoms with Crippen LogP contribution < -0.4 is 20.9 Å². The molecule has 0 unspecified atom stereocenters. The fraction of sp³-hybridized carbons (Fsp3) is 0.318. The number of hydrogen-bond acceptors (Lipinski definition) is 3. The van der Waals surface area contributed by atoms with E-state index in [1.54, 1.807) is 29.2 Å². The van der Waals surface area contributed by atoms with Crippen molar-refractivity contribution >= 4 is 29.2 Å². The maximum atomic E-state index is 12.6. The smallest absolute Gasteiger partial charge is 0.319 e. The number of anilines is 2. The molecule has 0 bridgehead atoms. The lowest BCUT2D eigenvalue weighted by atomic mass is 10.1. The van der Waals surface area contributed by atoms with Gasteiger partial charge in [-0.05, 0) is 50.1 Å². The number of amides is 4. The van der Waals surface area contributed by atoms with Crippen LogP contribution in [0.4, 0.5) is 16.2 Å². The third-order valence-electron chi connectivity index (χ3n) is 4.61. The quantitative estimate of drug-likeness (QED) is 0.702. The Morgan fingerprint density at radius 2 is 1.79 bits per heavy atom. The maximum absolute atomic E-state index is 12.6. The highest BCUT2D eigenvalue weighted by Crippen LogP contribution is 2.21. The maximum Gasteiger partial charge on any atom is 0.319 e. The summed E-state index contributed by atoms with van der Waals surface area (Å²) in [6.45, 7) is 4.83. The van der Waals surface area contributed by atoms with Gasteiger partial charge in [-0.1, -0.05) is 24.3 Å². The molecule has 1 saturated heterocycles. The van der Waals surface area contributed by atoms with Crippen molar-refractivity contribution in [1.29, 1.82) is 0 Å². The number of hydrogen-bond donors (Lipinski definition) is 3. The first kappa shape index (κ1) is 20.4. The van der Waals surface area contributed by atoms with Crippen LogP contribution in [0.1, 0.15) is 42.6 Å². The first-order chi connectivity index (χ1) is 13.9. The van der Waals surface area contributed by atoms with Crippen molar-refractivity contribution in [3.05, 3.63) is 59.7 Å². The Balaban J connectivity index is 1.61. The second-order valence-electron chi connectivity index (χ2n) is 7.30. The van der Waals surface area contributed by atoms with Gasteiger partial charge >= 0.3 is 6.03 Å². The molecule has 1 fully saturated rings. The Bertz CT molecular complexity index is 893. The zero-order valence-electron chi connectivity index (χ0n) is 16.7. The molecule has 7 heteroatoms. The van der Waals surface area contributed by atoms with Gasteiger partial charge in [-0.15, -0.1) is 0 Å². The van der Waals surface area contributed by atoms with Crippen molar-refractivity contribution in [3.8, 4) is 0 Å². The van der Waals surface area contributed by atoms with Crippen molar-refractivity contribution in [3.63, 3.8) is 0 Å². The Labute approximate surface area is 170 Å².